The molecule has 8 heteroatoms. The molecule has 0 spiro atoms. The topological polar surface area (TPSA) is 79.4 Å². The molecule has 2 bridgehead atoms. The van der Waals surface area contributed by atoms with Crippen LogP contribution in [-0.2, 0) is 14.4 Å². The number of likely N-dealkylation sites (tertiary alicyclic amines) is 1. The Morgan fingerprint density at radius 1 is 1.25 bits per heavy atom. The molecule has 5 atom stereocenters. The van der Waals surface area contributed by atoms with Crippen LogP contribution in [0, 0.1) is 30.6 Å². The van der Waals surface area contributed by atoms with Gasteiger partial charge in [0.1, 0.15) is 6.04 Å². The molecule has 2 heterocycles. The van der Waals surface area contributed by atoms with E-state index in [2.05, 4.69) is 10.3 Å². The Morgan fingerprint density at radius 2 is 1.89 bits per heavy atom. The summed E-state index contributed by atoms with van der Waals surface area (Å²) in [4.78, 5) is 44.1. The molecule has 1 aromatic heterocycles. The van der Waals surface area contributed by atoms with Gasteiger partial charge in [-0.15, -0.1) is 0 Å². The van der Waals surface area contributed by atoms with Gasteiger partial charge in [0.15, 0.2) is 5.13 Å². The first-order chi connectivity index (χ1) is 13.3. The van der Waals surface area contributed by atoms with E-state index in [1.807, 2.05) is 25.1 Å². The maximum absolute atomic E-state index is 12.9. The van der Waals surface area contributed by atoms with E-state index in [9.17, 15) is 14.4 Å². The molecule has 5 rings (SSSR count). The third-order valence-corrected chi connectivity index (χ3v) is 7.51. The average Bonchev–Trinajstić information content (AvgIpc) is 3.39. The van der Waals surface area contributed by atoms with Crippen molar-refractivity contribution in [2.24, 2.45) is 23.7 Å². The number of nitrogens with zero attached hydrogens (tertiary/aromatic N) is 2. The number of aromatic nitrogens is 1. The summed E-state index contributed by atoms with van der Waals surface area (Å²) in [7, 11) is 0. The normalized spacial score (nSPS) is 29.0. The van der Waals surface area contributed by atoms with Crippen LogP contribution in [0.25, 0.3) is 10.2 Å². The van der Waals surface area contributed by atoms with Crippen LogP contribution >= 0.6 is 22.9 Å². The number of fused-ring (bicyclic) bond motifs is 6. The molecular formula is C20H18ClN3O3S. The van der Waals surface area contributed by atoms with Crippen molar-refractivity contribution in [2.45, 2.75) is 26.3 Å². The van der Waals surface area contributed by atoms with Gasteiger partial charge in [-0.05, 0) is 49.8 Å². The van der Waals surface area contributed by atoms with Crippen LogP contribution in [0.2, 0.25) is 5.02 Å². The van der Waals surface area contributed by atoms with Crippen LogP contribution in [0.1, 0.15) is 18.9 Å². The lowest BCUT2D eigenvalue weighted by atomic mass is 9.85. The number of rotatable bonds is 3. The quantitative estimate of drug-likeness (QED) is 0.615. The molecule has 28 heavy (non-hydrogen) atoms. The highest BCUT2D eigenvalue weighted by Crippen LogP contribution is 2.52. The van der Waals surface area contributed by atoms with Crippen molar-refractivity contribution in [3.63, 3.8) is 0 Å². The average molecular weight is 416 g/mol. The van der Waals surface area contributed by atoms with E-state index in [0.29, 0.717) is 15.7 Å². The first-order valence-electron chi connectivity index (χ1n) is 9.28. The van der Waals surface area contributed by atoms with Gasteiger partial charge in [0, 0.05) is 5.02 Å². The van der Waals surface area contributed by atoms with Crippen LogP contribution in [0.3, 0.4) is 0 Å². The SMILES string of the molecule is Cc1cc2sc(NC(=O)[C@@H](C)N3C(=O)[C@@H]4[C@H](C3=O)[C@H]3C=C[C@H]4C3)nc2cc1Cl. The second kappa shape index (κ2) is 6.12. The van der Waals surface area contributed by atoms with Crippen LogP contribution in [0.15, 0.2) is 24.3 Å². The molecule has 1 N–H and O–H groups in total. The second-order valence-electron chi connectivity index (χ2n) is 7.80. The summed E-state index contributed by atoms with van der Waals surface area (Å²) in [6.07, 6.45) is 4.95. The zero-order valence-corrected chi connectivity index (χ0v) is 16.9. The molecule has 3 amide bonds. The summed E-state index contributed by atoms with van der Waals surface area (Å²) in [5.41, 5.74) is 1.64. The Kier molecular flexibility index (Phi) is 3.90. The number of imide groups is 1. The molecule has 0 unspecified atom stereocenters. The lowest BCUT2D eigenvalue weighted by molar-refractivity contribution is -0.146. The van der Waals surface area contributed by atoms with Crippen molar-refractivity contribution >= 4 is 56.0 Å². The van der Waals surface area contributed by atoms with Crippen LogP contribution in [0.5, 0.6) is 0 Å². The summed E-state index contributed by atoms with van der Waals surface area (Å²) < 4.78 is 0.912. The molecule has 1 saturated heterocycles. The third kappa shape index (κ3) is 2.46. The van der Waals surface area contributed by atoms with E-state index >= 15 is 0 Å². The lowest BCUT2D eigenvalue weighted by Crippen LogP contribution is -2.46. The number of allylic oxidation sites excluding steroid dienone is 2. The number of aryl methyl sites for hydroxylation is 1. The number of thiazole rings is 1. The molecule has 0 radical (unpaired) electrons. The maximum atomic E-state index is 12.9. The van der Waals surface area contributed by atoms with E-state index < -0.39 is 11.9 Å². The van der Waals surface area contributed by atoms with E-state index in [4.69, 9.17) is 11.6 Å². The summed E-state index contributed by atoms with van der Waals surface area (Å²) in [6, 6.07) is 2.81. The predicted molar refractivity (Wildman–Crippen MR) is 107 cm³/mol. The number of benzene rings is 1. The Labute approximate surface area is 170 Å². The molecule has 6 nitrogen and oxygen atoms in total. The first-order valence-corrected chi connectivity index (χ1v) is 10.5. The number of anilines is 1. The predicted octanol–water partition coefficient (Wildman–Crippen LogP) is 3.39. The van der Waals surface area contributed by atoms with Crippen molar-refractivity contribution in [3.8, 4) is 0 Å². The summed E-state index contributed by atoms with van der Waals surface area (Å²) in [6.45, 7) is 3.50. The number of hydrogen-bond donors (Lipinski definition) is 1. The monoisotopic (exact) mass is 415 g/mol. The molecule has 2 aliphatic carbocycles. The molecule has 2 fully saturated rings. The minimum Gasteiger partial charge on any atom is -0.300 e. The van der Waals surface area contributed by atoms with Gasteiger partial charge in [0.25, 0.3) is 0 Å². The Morgan fingerprint density at radius 3 is 2.54 bits per heavy atom. The van der Waals surface area contributed by atoms with Gasteiger partial charge in [-0.3, -0.25) is 19.3 Å². The van der Waals surface area contributed by atoms with Crippen molar-refractivity contribution in [1.29, 1.82) is 0 Å². The minimum absolute atomic E-state index is 0.129. The number of carbonyl (C=O) groups excluding carboxylic acids is 3. The Balaban J connectivity index is 1.36. The molecule has 2 aromatic rings. The summed E-state index contributed by atoms with van der Waals surface area (Å²) in [5.74, 6) is -1.20. The van der Waals surface area contributed by atoms with E-state index in [0.717, 1.165) is 21.6 Å². The van der Waals surface area contributed by atoms with Gasteiger partial charge in [-0.25, -0.2) is 4.98 Å². The number of nitrogens with one attached hydrogen (secondary N) is 1. The van der Waals surface area contributed by atoms with Crippen LogP contribution in [0.4, 0.5) is 5.13 Å². The van der Waals surface area contributed by atoms with Crippen molar-refractivity contribution in [1.82, 2.24) is 9.88 Å². The number of amides is 3. The van der Waals surface area contributed by atoms with Gasteiger partial charge in [-0.1, -0.05) is 35.1 Å². The fourth-order valence-electron chi connectivity index (χ4n) is 4.74. The number of hydrogen-bond acceptors (Lipinski definition) is 5. The zero-order chi connectivity index (χ0) is 19.7. The number of carbonyl (C=O) groups is 3. The molecule has 1 aromatic carbocycles. The van der Waals surface area contributed by atoms with Gasteiger partial charge in [0.2, 0.25) is 17.7 Å². The Bertz CT molecular complexity index is 1010. The summed E-state index contributed by atoms with van der Waals surface area (Å²) >= 11 is 7.47. The Hall–Kier alpha value is -2.25. The highest BCUT2D eigenvalue weighted by molar-refractivity contribution is 7.22. The van der Waals surface area contributed by atoms with E-state index in [-0.39, 0.29) is 35.5 Å². The van der Waals surface area contributed by atoms with Crippen LogP contribution < -0.4 is 5.32 Å². The van der Waals surface area contributed by atoms with Crippen molar-refractivity contribution < 1.29 is 14.4 Å². The van der Waals surface area contributed by atoms with Gasteiger partial charge in [0.05, 0.1) is 22.1 Å². The zero-order valence-electron chi connectivity index (χ0n) is 15.3. The maximum Gasteiger partial charge on any atom is 0.249 e. The molecular weight excluding hydrogens is 398 g/mol. The largest absolute Gasteiger partial charge is 0.300 e. The smallest absolute Gasteiger partial charge is 0.249 e. The van der Waals surface area contributed by atoms with E-state index in [1.165, 1.54) is 11.3 Å². The fraction of sp³-hybridized carbons (Fsp3) is 0.400. The fourth-order valence-corrected chi connectivity index (χ4v) is 5.84. The highest BCUT2D eigenvalue weighted by Gasteiger charge is 2.60. The van der Waals surface area contributed by atoms with Gasteiger partial charge in [-0.2, -0.15) is 0 Å². The summed E-state index contributed by atoms with van der Waals surface area (Å²) in [5, 5.41) is 3.80. The minimum atomic E-state index is -0.873. The highest BCUT2D eigenvalue weighted by atomic mass is 35.5. The standard InChI is InChI=1S/C20H18ClN3O3S/c1-8-5-14-13(7-12(8)21)22-20(28-14)23-17(25)9(2)24-18(26)15-10-3-4-11(6-10)16(15)19(24)27/h3-5,7,9-11,15-16H,6H2,1-2H3,(H,22,23,25)/t9-,10+,11+,15-,16+/m1/s1. The number of halogens is 1. The molecule has 144 valence electrons. The lowest BCUT2D eigenvalue weighted by Gasteiger charge is -2.23. The van der Waals surface area contributed by atoms with Gasteiger partial charge < -0.3 is 5.32 Å². The van der Waals surface area contributed by atoms with Gasteiger partial charge >= 0.3 is 0 Å². The van der Waals surface area contributed by atoms with Crippen molar-refractivity contribution in [3.05, 3.63) is 34.9 Å². The van der Waals surface area contributed by atoms with Crippen molar-refractivity contribution in [2.75, 3.05) is 5.32 Å². The second-order valence-corrected chi connectivity index (χ2v) is 9.24. The molecule has 1 saturated carbocycles. The molecule has 3 aliphatic rings. The molecule has 1 aliphatic heterocycles. The first kappa shape index (κ1) is 17.8. The van der Waals surface area contributed by atoms with Crippen LogP contribution in [-0.4, -0.2) is 33.6 Å². The third-order valence-electron chi connectivity index (χ3n) is 6.17. The van der Waals surface area contributed by atoms with E-state index in [1.54, 1.807) is 13.0 Å².